The minimum Gasteiger partial charge on any atom is -0.465 e. The van der Waals surface area contributed by atoms with E-state index in [1.807, 2.05) is 0 Å². The van der Waals surface area contributed by atoms with Crippen LogP contribution in [0.2, 0.25) is 0 Å². The van der Waals surface area contributed by atoms with Crippen molar-refractivity contribution >= 4 is 23.5 Å². The standard InChI is InChI=1S/C15H20O6/c1-5-21-14(19)15(7-6-9(2)16)8-11(17)12(10(15)3)13(18)20-4/h5-8H2,1-4H3. The number of carbonyl (C=O) groups is 4. The molecule has 0 aromatic carbocycles. The first kappa shape index (κ1) is 17.1. The van der Waals surface area contributed by atoms with Crippen LogP contribution >= 0.6 is 0 Å². The Morgan fingerprint density at radius 2 is 1.90 bits per heavy atom. The van der Waals surface area contributed by atoms with Crippen LogP contribution in [-0.4, -0.2) is 37.2 Å². The van der Waals surface area contributed by atoms with Crippen molar-refractivity contribution in [1.29, 1.82) is 0 Å². The molecule has 0 N–H and O–H groups in total. The minimum atomic E-state index is -1.23. The summed E-state index contributed by atoms with van der Waals surface area (Å²) in [5.74, 6) is -1.87. The Balaban J connectivity index is 3.28. The second-order valence-corrected chi connectivity index (χ2v) is 5.10. The lowest BCUT2D eigenvalue weighted by Gasteiger charge is -2.27. The maximum atomic E-state index is 12.3. The molecule has 6 nitrogen and oxygen atoms in total. The number of ketones is 2. The fraction of sp³-hybridized carbons (Fsp3) is 0.600. The molecule has 0 bridgehead atoms. The van der Waals surface area contributed by atoms with Crippen LogP contribution in [0.1, 0.15) is 40.0 Å². The average molecular weight is 296 g/mol. The smallest absolute Gasteiger partial charge is 0.341 e. The van der Waals surface area contributed by atoms with Gasteiger partial charge in [-0.1, -0.05) is 0 Å². The van der Waals surface area contributed by atoms with Gasteiger partial charge in [0.05, 0.1) is 19.1 Å². The van der Waals surface area contributed by atoms with Crippen molar-refractivity contribution in [3.63, 3.8) is 0 Å². The Morgan fingerprint density at radius 1 is 1.29 bits per heavy atom. The largest absolute Gasteiger partial charge is 0.465 e. The van der Waals surface area contributed by atoms with Crippen LogP contribution in [-0.2, 0) is 28.7 Å². The Bertz CT molecular complexity index is 516. The summed E-state index contributed by atoms with van der Waals surface area (Å²) < 4.78 is 9.65. The molecule has 1 unspecified atom stereocenters. The predicted octanol–water partition coefficient (Wildman–Crippen LogP) is 1.37. The molecule has 0 aromatic heterocycles. The van der Waals surface area contributed by atoms with E-state index in [0.717, 1.165) is 0 Å². The molecule has 0 spiro atoms. The Labute approximate surface area is 123 Å². The van der Waals surface area contributed by atoms with Gasteiger partial charge in [-0.2, -0.15) is 0 Å². The van der Waals surface area contributed by atoms with E-state index in [1.165, 1.54) is 14.0 Å². The molecule has 0 radical (unpaired) electrons. The van der Waals surface area contributed by atoms with Gasteiger partial charge in [0.15, 0.2) is 5.78 Å². The minimum absolute atomic E-state index is 0.0922. The van der Waals surface area contributed by atoms with Crippen LogP contribution in [0.4, 0.5) is 0 Å². The first-order valence-electron chi connectivity index (χ1n) is 6.79. The monoisotopic (exact) mass is 296 g/mol. The van der Waals surface area contributed by atoms with Crippen molar-refractivity contribution in [1.82, 2.24) is 0 Å². The molecule has 0 aromatic rings. The van der Waals surface area contributed by atoms with Crippen LogP contribution in [0.5, 0.6) is 0 Å². The Kier molecular flexibility index (Phi) is 5.41. The number of Topliss-reactive ketones (excluding diaryl/α,β-unsaturated/α-hetero) is 2. The van der Waals surface area contributed by atoms with Gasteiger partial charge in [0.2, 0.25) is 0 Å². The molecule has 1 aliphatic rings. The Morgan fingerprint density at radius 3 is 2.38 bits per heavy atom. The number of hydrogen-bond acceptors (Lipinski definition) is 6. The molecule has 1 rings (SSSR count). The molecule has 0 amide bonds. The van der Waals surface area contributed by atoms with Gasteiger partial charge >= 0.3 is 11.9 Å². The van der Waals surface area contributed by atoms with Crippen LogP contribution in [0.3, 0.4) is 0 Å². The highest BCUT2D eigenvalue weighted by atomic mass is 16.5. The molecule has 0 saturated heterocycles. The van der Waals surface area contributed by atoms with E-state index in [2.05, 4.69) is 4.74 Å². The number of esters is 2. The molecule has 0 saturated carbocycles. The average Bonchev–Trinajstić information content (AvgIpc) is 2.68. The number of rotatable bonds is 6. The van der Waals surface area contributed by atoms with E-state index in [4.69, 9.17) is 4.74 Å². The van der Waals surface area contributed by atoms with Crippen molar-refractivity contribution in [3.05, 3.63) is 11.1 Å². The lowest BCUT2D eigenvalue weighted by Crippen LogP contribution is -2.33. The highest BCUT2D eigenvalue weighted by molar-refractivity contribution is 6.22. The van der Waals surface area contributed by atoms with Gasteiger partial charge < -0.3 is 14.3 Å². The first-order valence-corrected chi connectivity index (χ1v) is 6.79. The number of ether oxygens (including phenoxy) is 2. The van der Waals surface area contributed by atoms with E-state index in [-0.39, 0.29) is 37.2 Å². The third-order valence-corrected chi connectivity index (χ3v) is 3.79. The molecule has 116 valence electrons. The third kappa shape index (κ3) is 3.20. The summed E-state index contributed by atoms with van der Waals surface area (Å²) in [7, 11) is 1.18. The highest BCUT2D eigenvalue weighted by Crippen LogP contribution is 2.46. The van der Waals surface area contributed by atoms with Gasteiger partial charge in [0.25, 0.3) is 0 Å². The molecular formula is C15H20O6. The van der Waals surface area contributed by atoms with E-state index in [1.54, 1.807) is 13.8 Å². The van der Waals surface area contributed by atoms with Crippen molar-refractivity contribution in [3.8, 4) is 0 Å². The molecular weight excluding hydrogens is 276 g/mol. The number of carbonyl (C=O) groups excluding carboxylic acids is 4. The summed E-state index contributed by atoms with van der Waals surface area (Å²) >= 11 is 0. The van der Waals surface area contributed by atoms with Crippen molar-refractivity contribution in [2.45, 2.75) is 40.0 Å². The van der Waals surface area contributed by atoms with Gasteiger partial charge in [-0.15, -0.1) is 0 Å². The maximum Gasteiger partial charge on any atom is 0.341 e. The first-order chi connectivity index (χ1) is 9.80. The lowest BCUT2D eigenvalue weighted by atomic mass is 9.77. The fourth-order valence-electron chi connectivity index (χ4n) is 2.57. The van der Waals surface area contributed by atoms with Gasteiger partial charge in [-0.05, 0) is 32.8 Å². The third-order valence-electron chi connectivity index (χ3n) is 3.79. The molecule has 6 heteroatoms. The summed E-state index contributed by atoms with van der Waals surface area (Å²) in [5.41, 5.74) is -1.00. The molecule has 1 atom stereocenters. The van der Waals surface area contributed by atoms with Crippen molar-refractivity contribution < 1.29 is 28.7 Å². The van der Waals surface area contributed by atoms with Crippen molar-refractivity contribution in [2.24, 2.45) is 5.41 Å². The van der Waals surface area contributed by atoms with E-state index >= 15 is 0 Å². The lowest BCUT2D eigenvalue weighted by molar-refractivity contribution is -0.154. The van der Waals surface area contributed by atoms with Gasteiger partial charge in [-0.25, -0.2) is 4.79 Å². The van der Waals surface area contributed by atoms with Gasteiger partial charge in [0, 0.05) is 12.8 Å². The van der Waals surface area contributed by atoms with Crippen LogP contribution < -0.4 is 0 Å². The summed E-state index contributed by atoms with van der Waals surface area (Å²) in [6.45, 7) is 4.79. The van der Waals surface area contributed by atoms with E-state index in [9.17, 15) is 19.2 Å². The van der Waals surface area contributed by atoms with Crippen LogP contribution in [0.25, 0.3) is 0 Å². The van der Waals surface area contributed by atoms with Crippen LogP contribution in [0, 0.1) is 5.41 Å². The van der Waals surface area contributed by atoms with Crippen molar-refractivity contribution in [2.75, 3.05) is 13.7 Å². The van der Waals surface area contributed by atoms with E-state index in [0.29, 0.717) is 5.57 Å². The normalized spacial score (nSPS) is 21.4. The fourth-order valence-corrected chi connectivity index (χ4v) is 2.57. The second-order valence-electron chi connectivity index (χ2n) is 5.10. The SMILES string of the molecule is CCOC(=O)C1(CCC(C)=O)CC(=O)C(C(=O)OC)=C1C. The molecule has 0 fully saturated rings. The predicted molar refractivity (Wildman–Crippen MR) is 73.3 cm³/mol. The molecule has 1 aliphatic carbocycles. The van der Waals surface area contributed by atoms with Gasteiger partial charge in [0.1, 0.15) is 11.4 Å². The quantitative estimate of drug-likeness (QED) is 0.543. The highest BCUT2D eigenvalue weighted by Gasteiger charge is 2.51. The molecule has 0 heterocycles. The zero-order valence-electron chi connectivity index (χ0n) is 12.8. The molecule has 0 aliphatic heterocycles. The summed E-state index contributed by atoms with van der Waals surface area (Å²) in [6.07, 6.45) is 0.131. The number of hydrogen-bond donors (Lipinski definition) is 0. The summed E-state index contributed by atoms with van der Waals surface area (Å²) in [5, 5.41) is 0. The van der Waals surface area contributed by atoms with Gasteiger partial charge in [-0.3, -0.25) is 9.59 Å². The molecule has 21 heavy (non-hydrogen) atoms. The Hall–Kier alpha value is -1.98. The summed E-state index contributed by atoms with van der Waals surface area (Å²) in [4.78, 5) is 47.4. The summed E-state index contributed by atoms with van der Waals surface area (Å²) in [6, 6.07) is 0. The number of methoxy groups -OCH3 is 1. The zero-order chi connectivity index (χ0) is 16.2. The zero-order valence-corrected chi connectivity index (χ0v) is 12.8. The second kappa shape index (κ2) is 6.65. The topological polar surface area (TPSA) is 86.7 Å². The van der Waals surface area contributed by atoms with Crippen LogP contribution in [0.15, 0.2) is 11.1 Å². The van der Waals surface area contributed by atoms with E-state index < -0.39 is 23.1 Å². The maximum absolute atomic E-state index is 12.3.